The summed E-state index contributed by atoms with van der Waals surface area (Å²) in [6, 6.07) is 9.13. The molecule has 2 unspecified atom stereocenters. The summed E-state index contributed by atoms with van der Waals surface area (Å²) in [5.74, 6) is 0. The van der Waals surface area contributed by atoms with Gasteiger partial charge >= 0.3 is 0 Å². The van der Waals surface area contributed by atoms with E-state index in [1.807, 2.05) is 0 Å². The van der Waals surface area contributed by atoms with Crippen LogP contribution >= 0.6 is 0 Å². The van der Waals surface area contributed by atoms with Gasteiger partial charge in [-0.05, 0) is 37.8 Å². The van der Waals surface area contributed by atoms with Crippen molar-refractivity contribution >= 4 is 5.69 Å². The van der Waals surface area contributed by atoms with E-state index in [-0.39, 0.29) is 6.10 Å². The zero-order chi connectivity index (χ0) is 12.3. The van der Waals surface area contributed by atoms with Crippen molar-refractivity contribution in [2.24, 2.45) is 0 Å². The molecule has 1 aliphatic rings. The number of β-amino-alcohol motifs (C(OH)–C–C–N with tert-alkyl or cyclic N) is 1. The number of aryl methyl sites for hydroxylation is 1. The van der Waals surface area contributed by atoms with E-state index >= 15 is 0 Å². The van der Waals surface area contributed by atoms with Crippen LogP contribution in [0, 0.1) is 0 Å². The number of hydrogen-bond acceptors (Lipinski definition) is 2. The van der Waals surface area contributed by atoms with Crippen LogP contribution in [0.2, 0.25) is 0 Å². The quantitative estimate of drug-likeness (QED) is 0.864. The van der Waals surface area contributed by atoms with Crippen molar-refractivity contribution in [1.82, 2.24) is 0 Å². The first-order valence-electron chi connectivity index (χ1n) is 6.75. The van der Waals surface area contributed by atoms with Crippen LogP contribution in [0.3, 0.4) is 0 Å². The highest BCUT2D eigenvalue weighted by Crippen LogP contribution is 2.30. The van der Waals surface area contributed by atoms with E-state index in [0.29, 0.717) is 6.04 Å². The Balaban J connectivity index is 2.15. The summed E-state index contributed by atoms with van der Waals surface area (Å²) in [5, 5.41) is 10.0. The van der Waals surface area contributed by atoms with Crippen molar-refractivity contribution in [2.45, 2.75) is 51.7 Å². The van der Waals surface area contributed by atoms with Crippen LogP contribution in [0.4, 0.5) is 5.69 Å². The maximum absolute atomic E-state index is 10.0. The highest BCUT2D eigenvalue weighted by Gasteiger charge is 2.24. The van der Waals surface area contributed by atoms with Gasteiger partial charge in [-0.3, -0.25) is 0 Å². The first-order valence-corrected chi connectivity index (χ1v) is 6.75. The van der Waals surface area contributed by atoms with E-state index in [9.17, 15) is 5.11 Å². The first kappa shape index (κ1) is 12.4. The minimum absolute atomic E-state index is 0.200. The van der Waals surface area contributed by atoms with Crippen LogP contribution in [0.15, 0.2) is 24.3 Å². The Kier molecular flexibility index (Phi) is 4.06. The zero-order valence-electron chi connectivity index (χ0n) is 10.9. The summed E-state index contributed by atoms with van der Waals surface area (Å²) in [5.41, 5.74) is 2.75. The molecule has 0 saturated heterocycles. The Labute approximate surface area is 104 Å². The van der Waals surface area contributed by atoms with Crippen LogP contribution < -0.4 is 4.90 Å². The van der Waals surface area contributed by atoms with Gasteiger partial charge in [-0.2, -0.15) is 0 Å². The predicted octanol–water partition coefficient (Wildman–Crippen LogP) is 2.99. The highest BCUT2D eigenvalue weighted by molar-refractivity contribution is 5.56. The molecule has 0 aromatic heterocycles. The summed E-state index contributed by atoms with van der Waals surface area (Å²) in [7, 11) is 0. The molecule has 0 saturated carbocycles. The van der Waals surface area contributed by atoms with Crippen molar-refractivity contribution in [1.29, 1.82) is 0 Å². The van der Waals surface area contributed by atoms with Gasteiger partial charge in [-0.1, -0.05) is 31.5 Å². The van der Waals surface area contributed by atoms with Gasteiger partial charge in [0.25, 0.3) is 0 Å². The number of rotatable bonds is 4. The lowest BCUT2D eigenvalue weighted by Gasteiger charge is -2.38. The van der Waals surface area contributed by atoms with Crippen LogP contribution in [-0.2, 0) is 6.42 Å². The van der Waals surface area contributed by atoms with Crippen LogP contribution in [0.5, 0.6) is 0 Å². The molecule has 1 N–H and O–H groups in total. The van der Waals surface area contributed by atoms with Crippen molar-refractivity contribution in [2.75, 3.05) is 11.4 Å². The third-order valence-corrected chi connectivity index (χ3v) is 3.69. The number of hydrogen-bond donors (Lipinski definition) is 1. The van der Waals surface area contributed by atoms with Gasteiger partial charge < -0.3 is 10.0 Å². The SMILES string of the molecule is CCCC(O)CN1c2ccccc2CCC1C. The van der Waals surface area contributed by atoms with Crippen LogP contribution in [0.1, 0.15) is 38.7 Å². The summed E-state index contributed by atoms with van der Waals surface area (Å²) >= 11 is 0. The molecule has 1 aromatic rings. The highest BCUT2D eigenvalue weighted by atomic mass is 16.3. The first-order chi connectivity index (χ1) is 8.22. The fourth-order valence-corrected chi connectivity index (χ4v) is 2.69. The Bertz CT molecular complexity index is 364. The molecule has 0 spiro atoms. The monoisotopic (exact) mass is 233 g/mol. The maximum atomic E-state index is 10.0. The van der Waals surface area contributed by atoms with Crippen molar-refractivity contribution < 1.29 is 5.11 Å². The molecule has 94 valence electrons. The lowest BCUT2D eigenvalue weighted by Crippen LogP contribution is -2.42. The minimum Gasteiger partial charge on any atom is -0.391 e. The average molecular weight is 233 g/mol. The lowest BCUT2D eigenvalue weighted by atomic mass is 9.96. The molecule has 2 atom stereocenters. The summed E-state index contributed by atoms with van der Waals surface area (Å²) < 4.78 is 0. The maximum Gasteiger partial charge on any atom is 0.0715 e. The number of anilines is 1. The van der Waals surface area contributed by atoms with Gasteiger partial charge in [0.1, 0.15) is 0 Å². The standard InChI is InChI=1S/C15H23NO/c1-3-6-14(17)11-16-12(2)9-10-13-7-4-5-8-15(13)16/h4-5,7-8,12,14,17H,3,6,9-11H2,1-2H3. The van der Waals surface area contributed by atoms with E-state index in [4.69, 9.17) is 0 Å². The van der Waals surface area contributed by atoms with Crippen LogP contribution in [0.25, 0.3) is 0 Å². The van der Waals surface area contributed by atoms with E-state index in [1.165, 1.54) is 17.7 Å². The topological polar surface area (TPSA) is 23.5 Å². The molecule has 0 bridgehead atoms. The Morgan fingerprint density at radius 2 is 2.18 bits per heavy atom. The number of para-hydroxylation sites is 1. The van der Waals surface area contributed by atoms with Gasteiger partial charge in [0.05, 0.1) is 6.10 Å². The second kappa shape index (κ2) is 5.54. The van der Waals surface area contributed by atoms with Gasteiger partial charge in [0.2, 0.25) is 0 Å². The lowest BCUT2D eigenvalue weighted by molar-refractivity contribution is 0.165. The number of benzene rings is 1. The van der Waals surface area contributed by atoms with Crippen LogP contribution in [-0.4, -0.2) is 23.8 Å². The second-order valence-electron chi connectivity index (χ2n) is 5.11. The fourth-order valence-electron chi connectivity index (χ4n) is 2.69. The molecule has 0 aliphatic carbocycles. The molecule has 1 aliphatic heterocycles. The largest absolute Gasteiger partial charge is 0.391 e. The predicted molar refractivity (Wildman–Crippen MR) is 72.5 cm³/mol. The van der Waals surface area contributed by atoms with E-state index < -0.39 is 0 Å². The molecule has 2 heteroatoms. The van der Waals surface area contributed by atoms with E-state index in [1.54, 1.807) is 0 Å². The van der Waals surface area contributed by atoms with E-state index in [0.717, 1.165) is 25.8 Å². The number of aliphatic hydroxyl groups excluding tert-OH is 1. The molecular weight excluding hydrogens is 210 g/mol. The Morgan fingerprint density at radius 1 is 1.41 bits per heavy atom. The fraction of sp³-hybridized carbons (Fsp3) is 0.600. The second-order valence-corrected chi connectivity index (χ2v) is 5.11. The Hall–Kier alpha value is -1.02. The van der Waals surface area contributed by atoms with Gasteiger partial charge in [0.15, 0.2) is 0 Å². The molecule has 2 rings (SSSR count). The minimum atomic E-state index is -0.200. The third-order valence-electron chi connectivity index (χ3n) is 3.69. The smallest absolute Gasteiger partial charge is 0.0715 e. The molecule has 1 aromatic carbocycles. The molecule has 0 amide bonds. The number of nitrogens with zero attached hydrogens (tertiary/aromatic N) is 1. The van der Waals surface area contributed by atoms with E-state index in [2.05, 4.69) is 43.0 Å². The van der Waals surface area contributed by atoms with Gasteiger partial charge in [-0.25, -0.2) is 0 Å². The average Bonchev–Trinajstić information content (AvgIpc) is 2.33. The van der Waals surface area contributed by atoms with Gasteiger partial charge in [0, 0.05) is 18.3 Å². The molecule has 1 heterocycles. The normalized spacial score (nSPS) is 21.1. The van der Waals surface area contributed by atoms with Gasteiger partial charge in [-0.15, -0.1) is 0 Å². The Morgan fingerprint density at radius 3 is 2.94 bits per heavy atom. The number of fused-ring (bicyclic) bond motifs is 1. The molecule has 2 nitrogen and oxygen atoms in total. The third kappa shape index (κ3) is 2.81. The van der Waals surface area contributed by atoms with Crippen molar-refractivity contribution in [3.05, 3.63) is 29.8 Å². The van der Waals surface area contributed by atoms with Crippen molar-refractivity contribution in [3.8, 4) is 0 Å². The molecule has 0 radical (unpaired) electrons. The van der Waals surface area contributed by atoms with Crippen molar-refractivity contribution in [3.63, 3.8) is 0 Å². The molecule has 0 fully saturated rings. The zero-order valence-corrected chi connectivity index (χ0v) is 10.9. The summed E-state index contributed by atoms with van der Waals surface area (Å²) in [6.07, 6.45) is 4.10. The molecular formula is C15H23NO. The summed E-state index contributed by atoms with van der Waals surface area (Å²) in [4.78, 5) is 2.37. The molecule has 17 heavy (non-hydrogen) atoms. The number of aliphatic hydroxyl groups is 1. The summed E-state index contributed by atoms with van der Waals surface area (Å²) in [6.45, 7) is 5.15.